The normalized spacial score (nSPS) is 10.9. The van der Waals surface area contributed by atoms with Gasteiger partial charge in [-0.3, -0.25) is 9.59 Å². The Bertz CT molecular complexity index is 1380. The van der Waals surface area contributed by atoms with E-state index in [2.05, 4.69) is 35.1 Å². The van der Waals surface area contributed by atoms with Crippen LogP contribution < -0.4 is 15.0 Å². The summed E-state index contributed by atoms with van der Waals surface area (Å²) in [5.74, 6) is 0.499. The lowest BCUT2D eigenvalue weighted by molar-refractivity contribution is 0.0987. The minimum Gasteiger partial charge on any atom is -0.492 e. The van der Waals surface area contributed by atoms with Crippen LogP contribution in [-0.2, 0) is 0 Å². The summed E-state index contributed by atoms with van der Waals surface area (Å²) in [5, 5.41) is 5.03. The van der Waals surface area contributed by atoms with Crippen LogP contribution in [0.3, 0.4) is 0 Å². The largest absolute Gasteiger partial charge is 0.492 e. The molecule has 0 aliphatic heterocycles. The number of anilines is 2. The number of carbonyl (C=O) groups is 2. The van der Waals surface area contributed by atoms with Gasteiger partial charge in [-0.15, -0.1) is 0 Å². The van der Waals surface area contributed by atoms with E-state index in [1.165, 1.54) is 0 Å². The van der Waals surface area contributed by atoms with Crippen molar-refractivity contribution < 1.29 is 14.3 Å². The molecule has 1 N–H and O–H groups in total. The average molecular weight is 545 g/mol. The first kappa shape index (κ1) is 25.5. The minimum absolute atomic E-state index is 0.0944. The second kappa shape index (κ2) is 11.4. The van der Waals surface area contributed by atoms with E-state index >= 15 is 0 Å². The molecule has 0 aromatic heterocycles. The van der Waals surface area contributed by atoms with Crippen molar-refractivity contribution in [3.63, 3.8) is 0 Å². The highest BCUT2D eigenvalue weighted by molar-refractivity contribution is 9.10. The van der Waals surface area contributed by atoms with Crippen LogP contribution in [0.15, 0.2) is 89.4 Å². The number of nitrogens with one attached hydrogen (secondary N) is 1. The number of amides is 2. The molecular weight excluding hydrogens is 516 g/mol. The van der Waals surface area contributed by atoms with Crippen molar-refractivity contribution in [2.24, 2.45) is 5.92 Å². The lowest BCUT2D eigenvalue weighted by Gasteiger charge is -2.23. The van der Waals surface area contributed by atoms with Crippen molar-refractivity contribution in [2.75, 3.05) is 23.4 Å². The van der Waals surface area contributed by atoms with Crippen molar-refractivity contribution in [3.8, 4) is 5.75 Å². The first-order valence-electron chi connectivity index (χ1n) is 12.0. The third kappa shape index (κ3) is 5.77. The van der Waals surface area contributed by atoms with Crippen LogP contribution in [0.2, 0.25) is 0 Å². The van der Waals surface area contributed by atoms with Gasteiger partial charge in [-0.05, 0) is 66.8 Å². The smallest absolute Gasteiger partial charge is 0.259 e. The van der Waals surface area contributed by atoms with Gasteiger partial charge in [0.05, 0.1) is 17.9 Å². The molecule has 0 saturated carbocycles. The molecule has 0 heterocycles. The predicted octanol–water partition coefficient (Wildman–Crippen LogP) is 7.56. The fourth-order valence-electron chi connectivity index (χ4n) is 3.98. The van der Waals surface area contributed by atoms with Crippen molar-refractivity contribution in [1.29, 1.82) is 0 Å². The zero-order valence-electron chi connectivity index (χ0n) is 20.6. The molecule has 0 aliphatic carbocycles. The molecule has 0 unspecified atom stereocenters. The van der Waals surface area contributed by atoms with Crippen molar-refractivity contribution in [3.05, 3.63) is 101 Å². The van der Waals surface area contributed by atoms with E-state index in [0.717, 1.165) is 20.9 Å². The molecule has 0 radical (unpaired) electrons. The molecule has 0 fully saturated rings. The number of rotatable bonds is 8. The number of hydrogen-bond acceptors (Lipinski definition) is 3. The summed E-state index contributed by atoms with van der Waals surface area (Å²) in [6, 6.07) is 26.4. The van der Waals surface area contributed by atoms with E-state index in [1.54, 1.807) is 41.3 Å². The summed E-state index contributed by atoms with van der Waals surface area (Å²) < 4.78 is 6.63. The molecular formula is C30H29BrN2O3. The molecule has 0 spiro atoms. The summed E-state index contributed by atoms with van der Waals surface area (Å²) in [4.78, 5) is 28.2. The number of nitrogens with zero attached hydrogens (tertiary/aromatic N) is 1. The van der Waals surface area contributed by atoms with Gasteiger partial charge in [-0.2, -0.15) is 0 Å². The predicted molar refractivity (Wildman–Crippen MR) is 150 cm³/mol. The zero-order chi connectivity index (χ0) is 25.7. The van der Waals surface area contributed by atoms with Crippen LogP contribution in [0.4, 0.5) is 11.4 Å². The lowest BCUT2D eigenvalue weighted by atomic mass is 10.1. The fourth-order valence-corrected chi connectivity index (χ4v) is 4.34. The topological polar surface area (TPSA) is 58.6 Å². The molecule has 4 aromatic carbocycles. The van der Waals surface area contributed by atoms with E-state index in [-0.39, 0.29) is 11.8 Å². The highest BCUT2D eigenvalue weighted by Gasteiger charge is 2.19. The fraction of sp³-hybridized carbons (Fsp3) is 0.200. The van der Waals surface area contributed by atoms with Gasteiger partial charge in [0.15, 0.2) is 0 Å². The van der Waals surface area contributed by atoms with Crippen molar-refractivity contribution in [1.82, 2.24) is 0 Å². The van der Waals surface area contributed by atoms with Crippen LogP contribution in [0.1, 0.15) is 41.5 Å². The Hall–Kier alpha value is -3.64. The van der Waals surface area contributed by atoms with Crippen LogP contribution in [0, 0.1) is 5.92 Å². The number of carbonyl (C=O) groups excluding carboxylic acids is 2. The molecule has 0 aliphatic rings. The Kier molecular flexibility index (Phi) is 8.06. The Morgan fingerprint density at radius 2 is 1.67 bits per heavy atom. The Labute approximate surface area is 220 Å². The second-order valence-corrected chi connectivity index (χ2v) is 9.84. The highest BCUT2D eigenvalue weighted by atomic mass is 79.9. The lowest BCUT2D eigenvalue weighted by Crippen LogP contribution is -2.30. The van der Waals surface area contributed by atoms with Gasteiger partial charge in [0.25, 0.3) is 11.8 Å². The van der Waals surface area contributed by atoms with E-state index in [0.29, 0.717) is 41.6 Å². The zero-order valence-corrected chi connectivity index (χ0v) is 22.2. The van der Waals surface area contributed by atoms with Crippen LogP contribution in [0.25, 0.3) is 10.8 Å². The monoisotopic (exact) mass is 544 g/mol. The molecule has 4 rings (SSSR count). The number of hydrogen-bond donors (Lipinski definition) is 1. The molecule has 184 valence electrons. The van der Waals surface area contributed by atoms with Gasteiger partial charge in [-0.1, -0.05) is 66.2 Å². The molecule has 2 amide bonds. The van der Waals surface area contributed by atoms with E-state index in [9.17, 15) is 9.59 Å². The van der Waals surface area contributed by atoms with Gasteiger partial charge >= 0.3 is 0 Å². The molecule has 6 heteroatoms. The number of halogens is 1. The quantitative estimate of drug-likeness (QED) is 0.249. The standard InChI is InChI=1S/C30H29BrN2O3/c1-4-33(27-11-7-9-21-8-5-6-10-25(21)27)30(35)22-12-15-24(16-13-22)32-29(34)26-18-23(31)14-17-28(26)36-19-20(2)3/h5-18,20H,4,19H2,1-3H3,(H,32,34). The maximum atomic E-state index is 13.4. The first-order chi connectivity index (χ1) is 17.4. The summed E-state index contributed by atoms with van der Waals surface area (Å²) in [6.07, 6.45) is 0. The Morgan fingerprint density at radius 3 is 2.39 bits per heavy atom. The maximum absolute atomic E-state index is 13.4. The maximum Gasteiger partial charge on any atom is 0.259 e. The van der Waals surface area contributed by atoms with E-state index < -0.39 is 0 Å². The molecule has 36 heavy (non-hydrogen) atoms. The van der Waals surface area contributed by atoms with Crippen LogP contribution in [-0.4, -0.2) is 25.0 Å². The van der Waals surface area contributed by atoms with Crippen molar-refractivity contribution in [2.45, 2.75) is 20.8 Å². The summed E-state index contributed by atoms with van der Waals surface area (Å²) >= 11 is 3.43. The SMILES string of the molecule is CCN(C(=O)c1ccc(NC(=O)c2cc(Br)ccc2OCC(C)C)cc1)c1cccc2ccccc12. The van der Waals surface area contributed by atoms with Gasteiger partial charge < -0.3 is 15.0 Å². The van der Waals surface area contributed by atoms with Crippen LogP contribution in [0.5, 0.6) is 5.75 Å². The number of ether oxygens (including phenoxy) is 1. The molecule has 5 nitrogen and oxygen atoms in total. The van der Waals surface area contributed by atoms with Gasteiger partial charge in [0, 0.05) is 27.7 Å². The Morgan fingerprint density at radius 1 is 0.944 bits per heavy atom. The molecule has 0 bridgehead atoms. The van der Waals surface area contributed by atoms with Crippen LogP contribution >= 0.6 is 15.9 Å². The van der Waals surface area contributed by atoms with Gasteiger partial charge in [0.2, 0.25) is 0 Å². The Balaban J connectivity index is 1.52. The summed E-state index contributed by atoms with van der Waals surface area (Å²) in [7, 11) is 0. The average Bonchev–Trinajstić information content (AvgIpc) is 2.88. The van der Waals surface area contributed by atoms with Gasteiger partial charge in [0.1, 0.15) is 5.75 Å². The van der Waals surface area contributed by atoms with E-state index in [4.69, 9.17) is 4.74 Å². The highest BCUT2D eigenvalue weighted by Crippen LogP contribution is 2.29. The molecule has 0 atom stereocenters. The van der Waals surface area contributed by atoms with Gasteiger partial charge in [-0.25, -0.2) is 0 Å². The number of benzene rings is 4. The number of fused-ring (bicyclic) bond motifs is 1. The third-order valence-corrected chi connectivity index (χ3v) is 6.26. The third-order valence-electron chi connectivity index (χ3n) is 5.77. The first-order valence-corrected chi connectivity index (χ1v) is 12.8. The summed E-state index contributed by atoms with van der Waals surface area (Å²) in [5.41, 5.74) is 2.46. The van der Waals surface area contributed by atoms with E-state index in [1.807, 2.05) is 55.5 Å². The molecule has 4 aromatic rings. The van der Waals surface area contributed by atoms with Crippen molar-refractivity contribution >= 4 is 49.9 Å². The summed E-state index contributed by atoms with van der Waals surface area (Å²) in [6.45, 7) is 7.13. The molecule has 0 saturated heterocycles. The second-order valence-electron chi connectivity index (χ2n) is 8.92. The minimum atomic E-state index is -0.278.